The van der Waals surface area contributed by atoms with Crippen molar-refractivity contribution in [2.75, 3.05) is 25.6 Å². The molecular formula is C15H20N6O4. The van der Waals surface area contributed by atoms with E-state index in [1.54, 1.807) is 27.0 Å². The highest BCUT2D eigenvalue weighted by Gasteiger charge is 2.17. The van der Waals surface area contributed by atoms with E-state index in [4.69, 9.17) is 4.74 Å². The van der Waals surface area contributed by atoms with Crippen molar-refractivity contribution in [2.45, 2.75) is 20.3 Å². The largest absolute Gasteiger partial charge is 0.385 e. The van der Waals surface area contributed by atoms with Gasteiger partial charge < -0.3 is 15.4 Å². The number of hydrogen-bond acceptors (Lipinski definition) is 6. The summed E-state index contributed by atoms with van der Waals surface area (Å²) < 4.78 is 6.13. The Morgan fingerprint density at radius 2 is 2.00 bits per heavy atom. The third-order valence-corrected chi connectivity index (χ3v) is 3.15. The molecule has 25 heavy (non-hydrogen) atoms. The molecule has 0 fully saturated rings. The van der Waals surface area contributed by atoms with E-state index >= 15 is 0 Å². The van der Waals surface area contributed by atoms with Gasteiger partial charge >= 0.3 is 11.8 Å². The number of carbonyl (C=O) groups excluding carboxylic acids is 2. The second-order valence-corrected chi connectivity index (χ2v) is 5.35. The highest BCUT2D eigenvalue weighted by atomic mass is 16.5. The predicted octanol–water partition coefficient (Wildman–Crippen LogP) is -0.336. The lowest BCUT2D eigenvalue weighted by Gasteiger charge is -2.08. The summed E-state index contributed by atoms with van der Waals surface area (Å²) in [7, 11) is 1.56. The maximum absolute atomic E-state index is 12.0. The summed E-state index contributed by atoms with van der Waals surface area (Å²) in [5.41, 5.74) is 0.740. The summed E-state index contributed by atoms with van der Waals surface area (Å²) in [5, 5.41) is 9.14. The lowest BCUT2D eigenvalue weighted by molar-refractivity contribution is -0.136. The quantitative estimate of drug-likeness (QED) is 0.484. The van der Waals surface area contributed by atoms with Gasteiger partial charge in [-0.05, 0) is 20.3 Å². The van der Waals surface area contributed by atoms with Crippen LogP contribution in [-0.2, 0) is 14.3 Å². The molecule has 2 aromatic rings. The standard InChI is InChI=1S/C15H20N6O4/c1-9-8-12(22)19-15(17-9)21-11(7-10(2)20-21)18-14(24)13(23)16-5-4-6-25-3/h7-8H,4-6H2,1-3H3,(H,16,23)(H,18,24)(H,17,19,22). The van der Waals surface area contributed by atoms with Gasteiger partial charge in [0.15, 0.2) is 0 Å². The molecule has 0 aliphatic carbocycles. The first-order valence-electron chi connectivity index (χ1n) is 7.64. The lowest BCUT2D eigenvalue weighted by Crippen LogP contribution is -2.36. The van der Waals surface area contributed by atoms with E-state index in [0.29, 0.717) is 31.0 Å². The number of methoxy groups -OCH3 is 1. The van der Waals surface area contributed by atoms with Gasteiger partial charge in [0.2, 0.25) is 5.95 Å². The Hall–Kier alpha value is -3.01. The van der Waals surface area contributed by atoms with Crippen molar-refractivity contribution in [1.82, 2.24) is 25.1 Å². The average molecular weight is 348 g/mol. The fourth-order valence-electron chi connectivity index (χ4n) is 2.09. The first-order chi connectivity index (χ1) is 11.9. The van der Waals surface area contributed by atoms with Crippen molar-refractivity contribution >= 4 is 17.6 Å². The molecular weight excluding hydrogens is 328 g/mol. The van der Waals surface area contributed by atoms with E-state index in [0.717, 1.165) is 0 Å². The Morgan fingerprint density at radius 1 is 1.24 bits per heavy atom. The number of anilines is 1. The smallest absolute Gasteiger partial charge is 0.314 e. The Kier molecular flexibility index (Phi) is 6.01. The fourth-order valence-corrected chi connectivity index (χ4v) is 2.09. The zero-order valence-corrected chi connectivity index (χ0v) is 14.3. The van der Waals surface area contributed by atoms with Gasteiger partial charge in [0.1, 0.15) is 5.82 Å². The molecule has 2 rings (SSSR count). The molecule has 0 aliphatic rings. The molecule has 0 saturated carbocycles. The van der Waals surface area contributed by atoms with Crippen LogP contribution in [0.3, 0.4) is 0 Å². The van der Waals surface area contributed by atoms with E-state index in [1.165, 1.54) is 10.7 Å². The maximum atomic E-state index is 12.0. The van der Waals surface area contributed by atoms with Gasteiger partial charge in [-0.1, -0.05) is 0 Å². The summed E-state index contributed by atoms with van der Waals surface area (Å²) in [5.74, 6) is -1.24. The second kappa shape index (κ2) is 8.20. The average Bonchev–Trinajstić information content (AvgIpc) is 2.91. The number of aryl methyl sites for hydroxylation is 2. The van der Waals surface area contributed by atoms with E-state index in [9.17, 15) is 14.4 Å². The number of aromatic nitrogens is 4. The molecule has 134 valence electrons. The van der Waals surface area contributed by atoms with Gasteiger partial charge in [0.05, 0.1) is 5.69 Å². The van der Waals surface area contributed by atoms with Gasteiger partial charge in [-0.2, -0.15) is 9.78 Å². The molecule has 0 radical (unpaired) electrons. The highest BCUT2D eigenvalue weighted by molar-refractivity contribution is 6.39. The van der Waals surface area contributed by atoms with Crippen LogP contribution in [-0.4, -0.2) is 51.8 Å². The molecule has 0 saturated heterocycles. The van der Waals surface area contributed by atoms with E-state index in [-0.39, 0.29) is 17.3 Å². The van der Waals surface area contributed by atoms with E-state index in [1.807, 2.05) is 0 Å². The van der Waals surface area contributed by atoms with Crippen LogP contribution in [0.25, 0.3) is 5.95 Å². The Labute approximate surface area is 143 Å². The molecule has 0 unspecified atom stereocenters. The summed E-state index contributed by atoms with van der Waals surface area (Å²) in [6, 6.07) is 2.91. The van der Waals surface area contributed by atoms with Crippen molar-refractivity contribution in [3.63, 3.8) is 0 Å². The zero-order valence-electron chi connectivity index (χ0n) is 14.3. The van der Waals surface area contributed by atoms with Gasteiger partial charge in [0, 0.05) is 38.1 Å². The molecule has 0 aliphatic heterocycles. The number of hydrogen-bond donors (Lipinski definition) is 3. The highest BCUT2D eigenvalue weighted by Crippen LogP contribution is 2.13. The minimum atomic E-state index is -0.839. The molecule has 10 heteroatoms. The van der Waals surface area contributed by atoms with Crippen LogP contribution in [0.5, 0.6) is 0 Å². The molecule has 2 heterocycles. The Bertz CT molecular complexity index is 826. The van der Waals surface area contributed by atoms with Crippen LogP contribution in [0.1, 0.15) is 17.8 Å². The topological polar surface area (TPSA) is 131 Å². The third-order valence-electron chi connectivity index (χ3n) is 3.15. The summed E-state index contributed by atoms with van der Waals surface area (Å²) >= 11 is 0. The van der Waals surface area contributed by atoms with Gasteiger partial charge in [-0.15, -0.1) is 0 Å². The number of H-pyrrole nitrogens is 1. The first kappa shape index (κ1) is 18.3. The van der Waals surface area contributed by atoms with E-state index < -0.39 is 11.8 Å². The van der Waals surface area contributed by atoms with Crippen molar-refractivity contribution < 1.29 is 14.3 Å². The van der Waals surface area contributed by atoms with Crippen LogP contribution < -0.4 is 16.2 Å². The summed E-state index contributed by atoms with van der Waals surface area (Å²) in [4.78, 5) is 42.1. The molecule has 0 spiro atoms. The number of ether oxygens (including phenoxy) is 1. The fraction of sp³-hybridized carbons (Fsp3) is 0.400. The molecule has 0 bridgehead atoms. The number of amides is 2. The molecule has 3 N–H and O–H groups in total. The second-order valence-electron chi connectivity index (χ2n) is 5.35. The normalized spacial score (nSPS) is 10.5. The summed E-state index contributed by atoms with van der Waals surface area (Å²) in [6.45, 7) is 4.19. The van der Waals surface area contributed by atoms with E-state index in [2.05, 4.69) is 25.7 Å². The predicted molar refractivity (Wildman–Crippen MR) is 89.6 cm³/mol. The summed E-state index contributed by atoms with van der Waals surface area (Å²) in [6.07, 6.45) is 0.598. The first-order valence-corrected chi connectivity index (χ1v) is 7.64. The van der Waals surface area contributed by atoms with Crippen LogP contribution in [0.2, 0.25) is 0 Å². The molecule has 0 aromatic carbocycles. The van der Waals surface area contributed by atoms with Gasteiger partial charge in [-0.25, -0.2) is 4.98 Å². The van der Waals surface area contributed by atoms with Crippen LogP contribution in [0.4, 0.5) is 5.82 Å². The number of rotatable bonds is 6. The Morgan fingerprint density at radius 3 is 2.68 bits per heavy atom. The lowest BCUT2D eigenvalue weighted by atomic mass is 10.4. The maximum Gasteiger partial charge on any atom is 0.314 e. The molecule has 0 atom stereocenters. The minimum absolute atomic E-state index is 0.147. The Balaban J connectivity index is 2.14. The molecule has 2 amide bonds. The number of carbonyl (C=O) groups is 2. The minimum Gasteiger partial charge on any atom is -0.385 e. The third kappa shape index (κ3) is 4.98. The number of aromatic amines is 1. The zero-order chi connectivity index (χ0) is 18.4. The molecule has 10 nitrogen and oxygen atoms in total. The van der Waals surface area contributed by atoms with Crippen LogP contribution in [0.15, 0.2) is 16.9 Å². The van der Waals surface area contributed by atoms with Gasteiger partial charge in [-0.3, -0.25) is 19.4 Å². The van der Waals surface area contributed by atoms with Crippen LogP contribution in [0, 0.1) is 13.8 Å². The number of nitrogens with zero attached hydrogens (tertiary/aromatic N) is 3. The van der Waals surface area contributed by atoms with Crippen molar-refractivity contribution in [3.05, 3.63) is 33.9 Å². The van der Waals surface area contributed by atoms with Crippen molar-refractivity contribution in [2.24, 2.45) is 0 Å². The number of nitrogens with one attached hydrogen (secondary N) is 3. The molecule has 2 aromatic heterocycles. The van der Waals surface area contributed by atoms with Crippen molar-refractivity contribution in [1.29, 1.82) is 0 Å². The van der Waals surface area contributed by atoms with Crippen LogP contribution >= 0.6 is 0 Å². The SMILES string of the molecule is COCCCNC(=O)C(=O)Nc1cc(C)nn1-c1nc(C)cc(=O)[nH]1. The van der Waals surface area contributed by atoms with Gasteiger partial charge in [0.25, 0.3) is 5.56 Å². The monoisotopic (exact) mass is 348 g/mol. The van der Waals surface area contributed by atoms with Crippen molar-refractivity contribution in [3.8, 4) is 5.95 Å².